The molecule has 0 aliphatic carbocycles. The molecule has 0 unspecified atom stereocenters. The van der Waals surface area contributed by atoms with Gasteiger partial charge in [-0.3, -0.25) is 9.59 Å². The van der Waals surface area contributed by atoms with E-state index in [0.29, 0.717) is 25.9 Å². The molecule has 2 amide bonds. The molecule has 1 aliphatic heterocycles. The third-order valence-electron chi connectivity index (χ3n) is 4.53. The van der Waals surface area contributed by atoms with Crippen LogP contribution in [0.1, 0.15) is 23.7 Å². The van der Waals surface area contributed by atoms with E-state index in [-0.39, 0.29) is 23.0 Å². The molecule has 2 N–H and O–H groups in total. The molecule has 0 spiro atoms. The third-order valence-corrected chi connectivity index (χ3v) is 5.79. The van der Waals surface area contributed by atoms with Gasteiger partial charge in [-0.2, -0.15) is 0 Å². The van der Waals surface area contributed by atoms with Crippen LogP contribution in [0.3, 0.4) is 0 Å². The largest absolute Gasteiger partial charge is 0.369 e. The molecule has 0 bridgehead atoms. The molecule has 1 fully saturated rings. The average molecular weight is 354 g/mol. The zero-order valence-corrected chi connectivity index (χ0v) is 14.8. The number of hydrogen-bond acceptors (Lipinski definition) is 3. The summed E-state index contributed by atoms with van der Waals surface area (Å²) in [6.07, 6.45) is 1.30. The SMILES string of the molecule is NC(=O)C1CCN(C(=O)[C@@H](Sc2ccccc2)c2ccccc2)CC1. The highest BCUT2D eigenvalue weighted by atomic mass is 32.2. The Morgan fingerprint density at radius 2 is 1.52 bits per heavy atom. The molecule has 3 rings (SSSR count). The smallest absolute Gasteiger partial charge is 0.240 e. The highest BCUT2D eigenvalue weighted by Gasteiger charge is 2.31. The molecule has 2 aromatic carbocycles. The molecule has 2 aromatic rings. The van der Waals surface area contributed by atoms with E-state index in [4.69, 9.17) is 5.73 Å². The predicted octanol–water partition coefficient (Wildman–Crippen LogP) is 3.24. The first-order valence-electron chi connectivity index (χ1n) is 8.50. The van der Waals surface area contributed by atoms with Gasteiger partial charge in [0.05, 0.1) is 0 Å². The first kappa shape index (κ1) is 17.5. The minimum absolute atomic E-state index is 0.1000. The fraction of sp³-hybridized carbons (Fsp3) is 0.300. The summed E-state index contributed by atoms with van der Waals surface area (Å²) in [5.41, 5.74) is 6.39. The lowest BCUT2D eigenvalue weighted by Crippen LogP contribution is -2.43. The third kappa shape index (κ3) is 4.42. The van der Waals surface area contributed by atoms with Crippen molar-refractivity contribution >= 4 is 23.6 Å². The molecular weight excluding hydrogens is 332 g/mol. The Hall–Kier alpha value is -2.27. The molecule has 5 heteroatoms. The van der Waals surface area contributed by atoms with Crippen LogP contribution < -0.4 is 5.73 Å². The van der Waals surface area contributed by atoms with Crippen molar-refractivity contribution in [3.63, 3.8) is 0 Å². The van der Waals surface area contributed by atoms with Crippen molar-refractivity contribution in [3.05, 3.63) is 66.2 Å². The summed E-state index contributed by atoms with van der Waals surface area (Å²) in [5.74, 6) is -0.269. The zero-order valence-electron chi connectivity index (χ0n) is 14.0. The number of carbonyl (C=O) groups is 2. The fourth-order valence-corrected chi connectivity index (χ4v) is 4.20. The van der Waals surface area contributed by atoms with Gasteiger partial charge in [-0.15, -0.1) is 11.8 Å². The van der Waals surface area contributed by atoms with Gasteiger partial charge >= 0.3 is 0 Å². The number of amides is 2. The molecule has 1 heterocycles. The Kier molecular flexibility index (Phi) is 5.76. The number of carbonyl (C=O) groups excluding carboxylic acids is 2. The molecule has 4 nitrogen and oxygen atoms in total. The second-order valence-electron chi connectivity index (χ2n) is 6.22. The van der Waals surface area contributed by atoms with Gasteiger partial charge in [0.25, 0.3) is 0 Å². The van der Waals surface area contributed by atoms with E-state index in [1.807, 2.05) is 65.6 Å². The maximum absolute atomic E-state index is 13.2. The monoisotopic (exact) mass is 354 g/mol. The van der Waals surface area contributed by atoms with E-state index >= 15 is 0 Å². The van der Waals surface area contributed by atoms with Crippen LogP contribution >= 0.6 is 11.8 Å². The van der Waals surface area contributed by atoms with Crippen LogP contribution in [-0.4, -0.2) is 29.8 Å². The summed E-state index contributed by atoms with van der Waals surface area (Å²) in [5, 5.41) is -0.284. The van der Waals surface area contributed by atoms with E-state index < -0.39 is 0 Å². The van der Waals surface area contributed by atoms with Gasteiger partial charge in [-0.1, -0.05) is 48.5 Å². The zero-order chi connectivity index (χ0) is 17.6. The lowest BCUT2D eigenvalue weighted by atomic mass is 9.96. The van der Waals surface area contributed by atoms with Crippen molar-refractivity contribution in [2.75, 3.05) is 13.1 Å². The number of benzene rings is 2. The number of rotatable bonds is 5. The number of thioether (sulfide) groups is 1. The van der Waals surface area contributed by atoms with E-state index in [1.54, 1.807) is 11.8 Å². The topological polar surface area (TPSA) is 63.4 Å². The Morgan fingerprint density at radius 1 is 0.960 bits per heavy atom. The van der Waals surface area contributed by atoms with Crippen molar-refractivity contribution in [1.82, 2.24) is 4.90 Å². The van der Waals surface area contributed by atoms with Gasteiger partial charge in [-0.25, -0.2) is 0 Å². The Bertz CT molecular complexity index is 713. The fourth-order valence-electron chi connectivity index (χ4n) is 3.07. The molecule has 1 atom stereocenters. The Morgan fingerprint density at radius 3 is 2.08 bits per heavy atom. The van der Waals surface area contributed by atoms with Crippen LogP contribution in [0, 0.1) is 5.92 Å². The quantitative estimate of drug-likeness (QED) is 0.839. The van der Waals surface area contributed by atoms with Crippen molar-refractivity contribution in [2.45, 2.75) is 23.0 Å². The first-order valence-corrected chi connectivity index (χ1v) is 9.38. The van der Waals surface area contributed by atoms with Crippen molar-refractivity contribution in [2.24, 2.45) is 11.7 Å². The van der Waals surface area contributed by atoms with Crippen molar-refractivity contribution < 1.29 is 9.59 Å². The second kappa shape index (κ2) is 8.21. The highest BCUT2D eigenvalue weighted by Crippen LogP contribution is 2.37. The summed E-state index contributed by atoms with van der Waals surface area (Å²) < 4.78 is 0. The molecule has 1 saturated heterocycles. The molecule has 1 aliphatic rings. The molecule has 130 valence electrons. The van der Waals surface area contributed by atoms with Crippen LogP contribution in [0.2, 0.25) is 0 Å². The van der Waals surface area contributed by atoms with Gasteiger partial charge in [0.1, 0.15) is 5.25 Å². The average Bonchev–Trinajstić information content (AvgIpc) is 2.67. The number of piperidine rings is 1. The summed E-state index contributed by atoms with van der Waals surface area (Å²) in [4.78, 5) is 27.4. The van der Waals surface area contributed by atoms with Gasteiger partial charge in [-0.05, 0) is 30.5 Å². The van der Waals surface area contributed by atoms with Gasteiger partial charge < -0.3 is 10.6 Å². The molecule has 0 aromatic heterocycles. The number of likely N-dealkylation sites (tertiary alicyclic amines) is 1. The van der Waals surface area contributed by atoms with E-state index in [9.17, 15) is 9.59 Å². The summed E-state index contributed by atoms with van der Waals surface area (Å²) >= 11 is 1.57. The second-order valence-corrected chi connectivity index (χ2v) is 7.40. The number of hydrogen-bond donors (Lipinski definition) is 1. The van der Waals surface area contributed by atoms with Gasteiger partial charge in [0.2, 0.25) is 11.8 Å². The lowest BCUT2D eigenvalue weighted by Gasteiger charge is -2.33. The van der Waals surface area contributed by atoms with Crippen LogP contribution in [0.15, 0.2) is 65.6 Å². The maximum atomic E-state index is 13.2. The number of nitrogens with two attached hydrogens (primary N) is 1. The summed E-state index contributed by atoms with van der Waals surface area (Å²) in [7, 11) is 0. The number of nitrogens with zero attached hydrogens (tertiary/aromatic N) is 1. The van der Waals surface area contributed by atoms with E-state index in [2.05, 4.69) is 0 Å². The van der Waals surface area contributed by atoms with Crippen molar-refractivity contribution in [1.29, 1.82) is 0 Å². The van der Waals surface area contributed by atoms with E-state index in [1.165, 1.54) is 0 Å². The van der Waals surface area contributed by atoms with Crippen LogP contribution in [0.25, 0.3) is 0 Å². The van der Waals surface area contributed by atoms with Gasteiger partial charge in [0, 0.05) is 23.9 Å². The number of primary amides is 1. The van der Waals surface area contributed by atoms with Crippen LogP contribution in [0.4, 0.5) is 0 Å². The van der Waals surface area contributed by atoms with Crippen molar-refractivity contribution in [3.8, 4) is 0 Å². The van der Waals surface area contributed by atoms with Crippen LogP contribution in [0.5, 0.6) is 0 Å². The summed E-state index contributed by atoms with van der Waals surface area (Å²) in [6, 6.07) is 19.8. The molecule has 0 radical (unpaired) electrons. The highest BCUT2D eigenvalue weighted by molar-refractivity contribution is 8.00. The molecule has 25 heavy (non-hydrogen) atoms. The van der Waals surface area contributed by atoms with Gasteiger partial charge in [0.15, 0.2) is 0 Å². The maximum Gasteiger partial charge on any atom is 0.240 e. The molecular formula is C20H22N2O2S. The Balaban J connectivity index is 1.77. The minimum atomic E-state index is -0.284. The lowest BCUT2D eigenvalue weighted by molar-refractivity contribution is -0.134. The molecule has 0 saturated carbocycles. The van der Waals surface area contributed by atoms with E-state index in [0.717, 1.165) is 10.5 Å². The predicted molar refractivity (Wildman–Crippen MR) is 100.0 cm³/mol. The Labute approximate surface area is 152 Å². The first-order chi connectivity index (χ1) is 12.1. The van der Waals surface area contributed by atoms with Crippen LogP contribution in [-0.2, 0) is 9.59 Å². The summed E-state index contributed by atoms with van der Waals surface area (Å²) in [6.45, 7) is 1.18. The normalized spacial score (nSPS) is 16.4. The minimum Gasteiger partial charge on any atom is -0.369 e. The standard InChI is InChI=1S/C20H22N2O2S/c21-19(23)16-11-13-22(14-12-16)20(24)18(15-7-3-1-4-8-15)25-17-9-5-2-6-10-17/h1-10,16,18H,11-14H2,(H2,21,23)/t18-/m0/s1.